The standard InChI is InChI=1S/C12H12Cl2N4O2/c1-2-20-9-6-4-3-5-8(9)15-10(19)7-18-12(14)16-11(13)17-18/h3-6H,2,7H2,1H3,(H,15,19). The SMILES string of the molecule is CCOc1ccccc1NC(=O)Cn1nc(Cl)nc1Cl. The van der Waals surface area contributed by atoms with E-state index < -0.39 is 0 Å². The molecule has 1 amide bonds. The van der Waals surface area contributed by atoms with Gasteiger partial charge in [-0.1, -0.05) is 12.1 Å². The van der Waals surface area contributed by atoms with Crippen LogP contribution in [0.25, 0.3) is 0 Å². The topological polar surface area (TPSA) is 69.0 Å². The number of carbonyl (C=O) groups is 1. The molecule has 0 saturated heterocycles. The number of benzene rings is 1. The number of aromatic nitrogens is 3. The summed E-state index contributed by atoms with van der Waals surface area (Å²) >= 11 is 11.4. The van der Waals surface area contributed by atoms with Gasteiger partial charge in [-0.25, -0.2) is 4.68 Å². The number of hydrogen-bond acceptors (Lipinski definition) is 4. The minimum Gasteiger partial charge on any atom is -0.492 e. The summed E-state index contributed by atoms with van der Waals surface area (Å²) in [5.41, 5.74) is 0.585. The van der Waals surface area contributed by atoms with Crippen molar-refractivity contribution in [1.82, 2.24) is 14.8 Å². The van der Waals surface area contributed by atoms with Crippen LogP contribution >= 0.6 is 23.2 Å². The summed E-state index contributed by atoms with van der Waals surface area (Å²) in [6.07, 6.45) is 0. The Morgan fingerprint density at radius 3 is 2.80 bits per heavy atom. The van der Waals surface area contributed by atoms with Gasteiger partial charge >= 0.3 is 0 Å². The van der Waals surface area contributed by atoms with Gasteiger partial charge < -0.3 is 10.1 Å². The first-order valence-electron chi connectivity index (χ1n) is 5.87. The lowest BCUT2D eigenvalue weighted by Crippen LogP contribution is -2.20. The van der Waals surface area contributed by atoms with Crippen molar-refractivity contribution in [2.24, 2.45) is 0 Å². The van der Waals surface area contributed by atoms with Gasteiger partial charge in [0.2, 0.25) is 16.5 Å². The molecule has 0 aliphatic rings. The number of rotatable bonds is 5. The molecule has 8 heteroatoms. The van der Waals surface area contributed by atoms with Crippen molar-refractivity contribution in [3.05, 3.63) is 34.8 Å². The summed E-state index contributed by atoms with van der Waals surface area (Å²) in [5.74, 6) is 0.298. The molecule has 2 rings (SSSR count). The van der Waals surface area contributed by atoms with Gasteiger partial charge in [0.25, 0.3) is 0 Å². The van der Waals surface area contributed by atoms with E-state index in [4.69, 9.17) is 27.9 Å². The van der Waals surface area contributed by atoms with Crippen molar-refractivity contribution in [2.75, 3.05) is 11.9 Å². The van der Waals surface area contributed by atoms with E-state index in [1.807, 2.05) is 13.0 Å². The Labute approximate surface area is 125 Å². The molecule has 20 heavy (non-hydrogen) atoms. The molecule has 1 aromatic heterocycles. The lowest BCUT2D eigenvalue weighted by molar-refractivity contribution is -0.116. The molecule has 1 N–H and O–H groups in total. The first-order valence-corrected chi connectivity index (χ1v) is 6.63. The highest BCUT2D eigenvalue weighted by Crippen LogP contribution is 2.23. The van der Waals surface area contributed by atoms with Gasteiger partial charge in [0.15, 0.2) is 0 Å². The first-order chi connectivity index (χ1) is 9.60. The third-order valence-electron chi connectivity index (χ3n) is 2.36. The maximum Gasteiger partial charge on any atom is 0.246 e. The third kappa shape index (κ3) is 3.61. The normalized spacial score (nSPS) is 10.3. The molecular weight excluding hydrogens is 303 g/mol. The summed E-state index contributed by atoms with van der Waals surface area (Å²) in [6.45, 7) is 2.30. The lowest BCUT2D eigenvalue weighted by Gasteiger charge is -2.11. The van der Waals surface area contributed by atoms with Crippen molar-refractivity contribution in [3.8, 4) is 5.75 Å². The number of nitrogens with zero attached hydrogens (tertiary/aromatic N) is 3. The molecule has 0 spiro atoms. The van der Waals surface area contributed by atoms with Crippen molar-refractivity contribution in [1.29, 1.82) is 0 Å². The van der Waals surface area contributed by atoms with Crippen LogP contribution in [0.3, 0.4) is 0 Å². The van der Waals surface area contributed by atoms with Gasteiger partial charge in [0, 0.05) is 0 Å². The second-order valence-electron chi connectivity index (χ2n) is 3.78. The molecule has 1 aromatic carbocycles. The number of amides is 1. The highest BCUT2D eigenvalue weighted by molar-refractivity contribution is 6.31. The second kappa shape index (κ2) is 6.58. The number of carbonyl (C=O) groups excluding carboxylic acids is 1. The highest BCUT2D eigenvalue weighted by atomic mass is 35.5. The van der Waals surface area contributed by atoms with E-state index in [2.05, 4.69) is 15.4 Å². The van der Waals surface area contributed by atoms with E-state index in [1.54, 1.807) is 18.2 Å². The maximum atomic E-state index is 11.9. The van der Waals surface area contributed by atoms with Crippen LogP contribution in [0, 0.1) is 0 Å². The van der Waals surface area contributed by atoms with Crippen LogP contribution in [0.1, 0.15) is 6.92 Å². The van der Waals surface area contributed by atoms with Crippen molar-refractivity contribution < 1.29 is 9.53 Å². The smallest absolute Gasteiger partial charge is 0.246 e. The van der Waals surface area contributed by atoms with E-state index in [0.29, 0.717) is 18.0 Å². The van der Waals surface area contributed by atoms with Crippen LogP contribution in [0.4, 0.5) is 5.69 Å². The average Bonchev–Trinajstić information content (AvgIpc) is 2.70. The average molecular weight is 315 g/mol. The Morgan fingerprint density at radius 2 is 2.15 bits per heavy atom. The Kier molecular flexibility index (Phi) is 4.81. The summed E-state index contributed by atoms with van der Waals surface area (Å²) in [5, 5.41) is 6.58. The Balaban J connectivity index is 2.06. The van der Waals surface area contributed by atoms with E-state index in [1.165, 1.54) is 4.68 Å². The molecule has 2 aromatic rings. The summed E-state index contributed by atoms with van der Waals surface area (Å²) < 4.78 is 6.63. The molecular formula is C12H12Cl2N4O2. The van der Waals surface area contributed by atoms with Crippen molar-refractivity contribution in [3.63, 3.8) is 0 Å². The fourth-order valence-corrected chi connectivity index (χ4v) is 1.97. The first kappa shape index (κ1) is 14.6. The van der Waals surface area contributed by atoms with Gasteiger partial charge in [-0.3, -0.25) is 4.79 Å². The quantitative estimate of drug-likeness (QED) is 0.921. The van der Waals surface area contributed by atoms with E-state index >= 15 is 0 Å². The summed E-state index contributed by atoms with van der Waals surface area (Å²) in [7, 11) is 0. The molecule has 6 nitrogen and oxygen atoms in total. The number of anilines is 1. The predicted molar refractivity (Wildman–Crippen MR) is 76.3 cm³/mol. The molecule has 0 aliphatic carbocycles. The number of nitrogens with one attached hydrogen (secondary N) is 1. The zero-order chi connectivity index (χ0) is 14.5. The fraction of sp³-hybridized carbons (Fsp3) is 0.250. The zero-order valence-electron chi connectivity index (χ0n) is 10.6. The van der Waals surface area contributed by atoms with Crippen LogP contribution in [0.5, 0.6) is 5.75 Å². The zero-order valence-corrected chi connectivity index (χ0v) is 12.1. The summed E-state index contributed by atoms with van der Waals surface area (Å²) in [4.78, 5) is 15.6. The number of para-hydroxylation sites is 2. The molecule has 0 fully saturated rings. The monoisotopic (exact) mass is 314 g/mol. The highest BCUT2D eigenvalue weighted by Gasteiger charge is 2.12. The molecule has 0 aliphatic heterocycles. The Morgan fingerprint density at radius 1 is 1.40 bits per heavy atom. The van der Waals surface area contributed by atoms with Crippen molar-refractivity contribution >= 4 is 34.8 Å². The molecule has 106 valence electrons. The largest absolute Gasteiger partial charge is 0.492 e. The van der Waals surface area contributed by atoms with Crippen molar-refractivity contribution in [2.45, 2.75) is 13.5 Å². The molecule has 0 unspecified atom stereocenters. The minimum atomic E-state index is -0.305. The van der Waals surface area contributed by atoms with E-state index in [0.717, 1.165) is 0 Å². The molecule has 0 saturated carbocycles. The predicted octanol–water partition coefficient (Wildman–Crippen LogP) is 2.62. The molecule has 1 heterocycles. The third-order valence-corrected chi connectivity index (χ3v) is 2.79. The number of ether oxygens (including phenoxy) is 1. The van der Waals surface area contributed by atoms with Crippen LogP contribution in [0.2, 0.25) is 10.6 Å². The van der Waals surface area contributed by atoms with Gasteiger partial charge in [-0.2, -0.15) is 4.98 Å². The number of hydrogen-bond donors (Lipinski definition) is 1. The van der Waals surface area contributed by atoms with Crippen LogP contribution in [0.15, 0.2) is 24.3 Å². The van der Waals surface area contributed by atoms with Crippen LogP contribution in [-0.4, -0.2) is 27.3 Å². The fourth-order valence-electron chi connectivity index (χ4n) is 1.57. The van der Waals surface area contributed by atoms with Gasteiger partial charge in [0.05, 0.1) is 12.3 Å². The van der Waals surface area contributed by atoms with E-state index in [9.17, 15) is 4.79 Å². The van der Waals surface area contributed by atoms with Gasteiger partial charge in [0.1, 0.15) is 12.3 Å². The van der Waals surface area contributed by atoms with Crippen LogP contribution in [-0.2, 0) is 11.3 Å². The van der Waals surface area contributed by atoms with Gasteiger partial charge in [-0.05, 0) is 42.3 Å². The molecule has 0 bridgehead atoms. The maximum absolute atomic E-state index is 11.9. The van der Waals surface area contributed by atoms with Crippen LogP contribution < -0.4 is 10.1 Å². The Hall–Kier alpha value is -1.79. The second-order valence-corrected chi connectivity index (χ2v) is 4.46. The van der Waals surface area contributed by atoms with E-state index in [-0.39, 0.29) is 23.0 Å². The number of halogens is 2. The minimum absolute atomic E-state index is 0.00230. The molecule has 0 radical (unpaired) electrons. The Bertz CT molecular complexity index is 615. The van der Waals surface area contributed by atoms with Gasteiger partial charge in [-0.15, -0.1) is 5.10 Å². The lowest BCUT2D eigenvalue weighted by atomic mass is 10.3. The summed E-state index contributed by atoms with van der Waals surface area (Å²) in [6, 6.07) is 7.16. The molecule has 0 atom stereocenters.